The van der Waals surface area contributed by atoms with Gasteiger partial charge >= 0.3 is 0 Å². The van der Waals surface area contributed by atoms with E-state index in [2.05, 4.69) is 5.10 Å². The molecule has 1 aliphatic carbocycles. The summed E-state index contributed by atoms with van der Waals surface area (Å²) >= 11 is 0. The van der Waals surface area contributed by atoms with E-state index in [9.17, 15) is 18.9 Å². The van der Waals surface area contributed by atoms with E-state index < -0.39 is 10.8 Å². The lowest BCUT2D eigenvalue weighted by atomic mass is 9.86. The van der Waals surface area contributed by atoms with Gasteiger partial charge in [-0.15, -0.1) is 0 Å². The van der Waals surface area contributed by atoms with E-state index in [1.165, 1.54) is 12.1 Å². The molecule has 0 atom stereocenters. The molecule has 3 rings (SSSR count). The zero-order chi connectivity index (χ0) is 16.6. The van der Waals surface area contributed by atoms with E-state index in [0.29, 0.717) is 23.9 Å². The fraction of sp³-hybridized carbons (Fsp3) is 0.438. The maximum Gasteiger partial charge on any atom is 0.270 e. The standard InChI is InChI=1S/C16H17F2N3O2/c1-20-15-5-3-12(21(22)23)10-13(15)14(19-20)4-2-11-6-8-16(17,18)9-7-11/h2-5,10-11H,6-9H2,1H3/b4-2+. The van der Waals surface area contributed by atoms with Crippen molar-refractivity contribution in [3.63, 3.8) is 0 Å². The van der Waals surface area contributed by atoms with Crippen molar-refractivity contribution in [1.29, 1.82) is 0 Å². The predicted octanol–water partition coefficient (Wildman–Crippen LogP) is 4.32. The van der Waals surface area contributed by atoms with Crippen LogP contribution < -0.4 is 0 Å². The number of aromatic nitrogens is 2. The monoisotopic (exact) mass is 321 g/mol. The Labute approximate surface area is 131 Å². The Hall–Kier alpha value is -2.31. The Morgan fingerprint density at radius 3 is 2.74 bits per heavy atom. The molecule has 0 radical (unpaired) electrons. The number of non-ortho nitro benzene ring substituents is 1. The molecule has 0 bridgehead atoms. The zero-order valence-corrected chi connectivity index (χ0v) is 12.7. The Morgan fingerprint density at radius 2 is 2.09 bits per heavy atom. The van der Waals surface area contributed by atoms with E-state index in [-0.39, 0.29) is 24.4 Å². The lowest BCUT2D eigenvalue weighted by Gasteiger charge is -2.26. The van der Waals surface area contributed by atoms with E-state index >= 15 is 0 Å². The maximum absolute atomic E-state index is 13.2. The van der Waals surface area contributed by atoms with Gasteiger partial charge in [0.15, 0.2) is 0 Å². The summed E-state index contributed by atoms with van der Waals surface area (Å²) in [6.07, 6.45) is 4.42. The van der Waals surface area contributed by atoms with E-state index in [1.807, 2.05) is 6.08 Å². The van der Waals surface area contributed by atoms with E-state index in [1.54, 1.807) is 23.9 Å². The van der Waals surface area contributed by atoms with Crippen molar-refractivity contribution in [3.8, 4) is 0 Å². The highest BCUT2D eigenvalue weighted by Crippen LogP contribution is 2.37. The summed E-state index contributed by atoms with van der Waals surface area (Å²) in [6.45, 7) is 0. The number of nitro groups is 1. The Kier molecular flexibility index (Phi) is 3.87. The highest BCUT2D eigenvalue weighted by atomic mass is 19.3. The minimum absolute atomic E-state index is 0.0115. The second-order valence-electron chi connectivity index (χ2n) is 6.02. The third-order valence-electron chi connectivity index (χ3n) is 4.36. The molecule has 122 valence electrons. The molecule has 7 heteroatoms. The number of halogens is 2. The normalized spacial score (nSPS) is 18.7. The van der Waals surface area contributed by atoms with Gasteiger partial charge in [-0.1, -0.05) is 6.08 Å². The van der Waals surface area contributed by atoms with Crippen LogP contribution in [0.25, 0.3) is 17.0 Å². The second kappa shape index (κ2) is 5.72. The lowest BCUT2D eigenvalue weighted by Crippen LogP contribution is -2.23. The highest BCUT2D eigenvalue weighted by molar-refractivity contribution is 5.89. The number of hydrogen-bond acceptors (Lipinski definition) is 3. The lowest BCUT2D eigenvalue weighted by molar-refractivity contribution is -0.384. The Balaban J connectivity index is 1.86. The van der Waals surface area contributed by atoms with Crippen LogP contribution in [0.15, 0.2) is 24.3 Å². The van der Waals surface area contributed by atoms with Crippen molar-refractivity contribution in [3.05, 3.63) is 40.1 Å². The topological polar surface area (TPSA) is 61.0 Å². The molecule has 23 heavy (non-hydrogen) atoms. The molecule has 0 N–H and O–H groups in total. The molecule has 1 fully saturated rings. The first-order valence-corrected chi connectivity index (χ1v) is 7.53. The summed E-state index contributed by atoms with van der Waals surface area (Å²) in [5.74, 6) is -2.44. The summed E-state index contributed by atoms with van der Waals surface area (Å²) in [5.41, 5.74) is 1.44. The summed E-state index contributed by atoms with van der Waals surface area (Å²) in [6, 6.07) is 4.61. The summed E-state index contributed by atoms with van der Waals surface area (Å²) in [7, 11) is 1.77. The minimum atomic E-state index is -2.54. The van der Waals surface area contributed by atoms with Crippen LogP contribution in [-0.2, 0) is 7.05 Å². The second-order valence-corrected chi connectivity index (χ2v) is 6.02. The molecule has 1 aliphatic rings. The van der Waals surface area contributed by atoms with Crippen molar-refractivity contribution < 1.29 is 13.7 Å². The molecule has 5 nitrogen and oxygen atoms in total. The Bertz CT molecular complexity index is 773. The number of aryl methyl sites for hydroxylation is 1. The summed E-state index contributed by atoms with van der Waals surface area (Å²) < 4.78 is 28.0. The molecule has 0 saturated heterocycles. The third-order valence-corrected chi connectivity index (χ3v) is 4.36. The molecule has 0 unspecified atom stereocenters. The molecule has 1 aromatic carbocycles. The first kappa shape index (κ1) is 15.6. The van der Waals surface area contributed by atoms with Gasteiger partial charge in [0.05, 0.1) is 16.1 Å². The van der Waals surface area contributed by atoms with Gasteiger partial charge in [0.2, 0.25) is 5.92 Å². The van der Waals surface area contributed by atoms with Gasteiger partial charge in [-0.3, -0.25) is 14.8 Å². The Morgan fingerprint density at radius 1 is 1.39 bits per heavy atom. The molecule has 0 aliphatic heterocycles. The van der Waals surface area contributed by atoms with Crippen molar-refractivity contribution >= 4 is 22.7 Å². The fourth-order valence-electron chi connectivity index (χ4n) is 3.00. The van der Waals surface area contributed by atoms with E-state index in [4.69, 9.17) is 0 Å². The predicted molar refractivity (Wildman–Crippen MR) is 83.3 cm³/mol. The first-order chi connectivity index (χ1) is 10.9. The number of hydrogen-bond donors (Lipinski definition) is 0. The largest absolute Gasteiger partial charge is 0.270 e. The number of allylic oxidation sites excluding steroid dienone is 1. The smallest absolute Gasteiger partial charge is 0.267 e. The molecule has 0 amide bonds. The number of fused-ring (bicyclic) bond motifs is 1. The van der Waals surface area contributed by atoms with Crippen LogP contribution in [0.2, 0.25) is 0 Å². The summed E-state index contributed by atoms with van der Waals surface area (Å²) in [5, 5.41) is 16.0. The van der Waals surface area contributed by atoms with Gasteiger partial charge in [-0.05, 0) is 30.9 Å². The van der Waals surface area contributed by atoms with Gasteiger partial charge in [0, 0.05) is 37.4 Å². The number of alkyl halides is 2. The third kappa shape index (κ3) is 3.23. The van der Waals surface area contributed by atoms with E-state index in [0.717, 1.165) is 5.52 Å². The van der Waals surface area contributed by atoms with Gasteiger partial charge < -0.3 is 0 Å². The van der Waals surface area contributed by atoms with Crippen molar-refractivity contribution in [1.82, 2.24) is 9.78 Å². The van der Waals surface area contributed by atoms with Crippen LogP contribution in [0.1, 0.15) is 31.4 Å². The number of benzene rings is 1. The molecular weight excluding hydrogens is 304 g/mol. The molecule has 1 saturated carbocycles. The van der Waals surface area contributed by atoms with Gasteiger partial charge in [-0.25, -0.2) is 8.78 Å². The average Bonchev–Trinajstić information content (AvgIpc) is 2.82. The number of rotatable bonds is 3. The average molecular weight is 321 g/mol. The van der Waals surface area contributed by atoms with Crippen molar-refractivity contribution in [2.24, 2.45) is 13.0 Å². The first-order valence-electron chi connectivity index (χ1n) is 7.53. The van der Waals surface area contributed by atoms with Crippen molar-refractivity contribution in [2.45, 2.75) is 31.6 Å². The molecule has 0 spiro atoms. The van der Waals surface area contributed by atoms with Gasteiger partial charge in [0.1, 0.15) is 0 Å². The zero-order valence-electron chi connectivity index (χ0n) is 12.7. The number of nitrogens with zero attached hydrogens (tertiary/aromatic N) is 3. The van der Waals surface area contributed by atoms with Gasteiger partial charge in [-0.2, -0.15) is 5.10 Å². The quantitative estimate of drug-likeness (QED) is 0.625. The SMILES string of the molecule is Cn1nc(/C=C/C2CCC(F)(F)CC2)c2cc([N+](=O)[O-])ccc21. The van der Waals surface area contributed by atoms with Crippen LogP contribution in [0.3, 0.4) is 0 Å². The van der Waals surface area contributed by atoms with Crippen LogP contribution in [-0.4, -0.2) is 20.6 Å². The fourth-order valence-corrected chi connectivity index (χ4v) is 3.00. The van der Waals surface area contributed by atoms with Crippen molar-refractivity contribution in [2.75, 3.05) is 0 Å². The summed E-state index contributed by atoms with van der Waals surface area (Å²) in [4.78, 5) is 10.5. The van der Waals surface area contributed by atoms with Crippen LogP contribution in [0, 0.1) is 16.0 Å². The maximum atomic E-state index is 13.2. The minimum Gasteiger partial charge on any atom is -0.267 e. The van der Waals surface area contributed by atoms with Crippen LogP contribution >= 0.6 is 0 Å². The molecule has 2 aromatic rings. The van der Waals surface area contributed by atoms with Crippen LogP contribution in [0.4, 0.5) is 14.5 Å². The van der Waals surface area contributed by atoms with Gasteiger partial charge in [0.25, 0.3) is 5.69 Å². The highest BCUT2D eigenvalue weighted by Gasteiger charge is 2.33. The number of nitro benzene ring substituents is 1. The molecule has 1 aromatic heterocycles. The van der Waals surface area contributed by atoms with Crippen LogP contribution in [0.5, 0.6) is 0 Å². The molecule has 1 heterocycles. The molecular formula is C16H17F2N3O2.